The first kappa shape index (κ1) is 27.9. The predicted octanol–water partition coefficient (Wildman–Crippen LogP) is 4.72. The van der Waals surface area contributed by atoms with E-state index in [4.69, 9.17) is 0 Å². The van der Waals surface area contributed by atoms with Gasteiger partial charge in [-0.3, -0.25) is 0 Å². The van der Waals surface area contributed by atoms with Gasteiger partial charge in [-0.1, -0.05) is 29.0 Å². The first-order valence-electron chi connectivity index (χ1n) is 5.44. The van der Waals surface area contributed by atoms with Crippen LogP contribution in [0.2, 0.25) is 0 Å². The molecule has 1 fully saturated rings. The molecular weight excluding hydrogens is 393 g/mol. The van der Waals surface area contributed by atoms with Gasteiger partial charge >= 0.3 is 21.7 Å². The summed E-state index contributed by atoms with van der Waals surface area (Å²) in [5, 5.41) is 12.0. The van der Waals surface area contributed by atoms with Gasteiger partial charge in [0.1, 0.15) is 0 Å². The van der Waals surface area contributed by atoms with Crippen molar-refractivity contribution in [2.45, 2.75) is 28.4 Å². The Labute approximate surface area is 148 Å². The molecule has 0 radical (unpaired) electrons. The number of thioether (sulfide) groups is 1. The van der Waals surface area contributed by atoms with Crippen LogP contribution in [0.25, 0.3) is 16.0 Å². The summed E-state index contributed by atoms with van der Waals surface area (Å²) in [7, 11) is 8.89. The van der Waals surface area contributed by atoms with Gasteiger partial charge in [0, 0.05) is 9.17 Å². The van der Waals surface area contributed by atoms with E-state index in [2.05, 4.69) is 38.5 Å². The maximum Gasteiger partial charge on any atom is 4.00 e. The molecule has 108 valence electrons. The van der Waals surface area contributed by atoms with Crippen molar-refractivity contribution in [1.29, 1.82) is 0 Å². The molecule has 2 atom stereocenters. The van der Waals surface area contributed by atoms with Crippen LogP contribution in [0.3, 0.4) is 0 Å². The van der Waals surface area contributed by atoms with E-state index in [-0.39, 0.29) is 29.1 Å². The van der Waals surface area contributed by atoms with Crippen molar-refractivity contribution in [1.82, 2.24) is 0 Å². The monoisotopic (exact) mass is 421 g/mol. The van der Waals surface area contributed by atoms with E-state index in [0.717, 1.165) is 15.1 Å². The van der Waals surface area contributed by atoms with E-state index in [1.165, 1.54) is 19.3 Å². The van der Waals surface area contributed by atoms with Crippen molar-refractivity contribution < 1.29 is 21.7 Å². The predicted molar refractivity (Wildman–Crippen MR) is 94.0 cm³/mol. The van der Waals surface area contributed by atoms with Crippen molar-refractivity contribution in [3.05, 3.63) is 23.4 Å². The van der Waals surface area contributed by atoms with E-state index in [1.54, 1.807) is 28.2 Å². The molecule has 0 aromatic carbocycles. The zero-order valence-corrected chi connectivity index (χ0v) is 17.1. The van der Waals surface area contributed by atoms with Gasteiger partial charge in [0.15, 0.2) is 0 Å². The van der Waals surface area contributed by atoms with Gasteiger partial charge in [-0.05, 0) is 12.8 Å². The molecule has 0 aromatic rings. The Balaban J connectivity index is -0.000000106. The third-order valence-electron chi connectivity index (χ3n) is 1.79. The van der Waals surface area contributed by atoms with E-state index < -0.39 is 0 Å². The minimum atomic E-state index is 0. The van der Waals surface area contributed by atoms with Crippen molar-refractivity contribution >= 4 is 34.4 Å². The number of halogens is 1. The van der Waals surface area contributed by atoms with Crippen LogP contribution in [-0.2, 0) is 21.7 Å². The molecule has 3 nitrogen and oxygen atoms in total. The van der Waals surface area contributed by atoms with Crippen LogP contribution in [0.5, 0.6) is 0 Å². The molecule has 0 spiro atoms. The third kappa shape index (κ3) is 20.0. The maximum atomic E-state index is 4.09. The summed E-state index contributed by atoms with van der Waals surface area (Å²) in [6.45, 7) is 0. The Hall–Kier alpha value is 1.67. The zero-order chi connectivity index (χ0) is 12.8. The molecule has 6 heteroatoms. The van der Waals surface area contributed by atoms with Crippen LogP contribution in [0.15, 0.2) is 0 Å². The summed E-state index contributed by atoms with van der Waals surface area (Å²) in [4.78, 5) is 0. The average Bonchev–Trinajstić information content (AvgIpc) is 2.63. The van der Waals surface area contributed by atoms with Crippen LogP contribution >= 0.6 is 34.4 Å². The molecule has 2 unspecified atom stereocenters. The van der Waals surface area contributed by atoms with Gasteiger partial charge in [-0.25, -0.2) is 0 Å². The fourth-order valence-corrected chi connectivity index (χ4v) is 3.68. The molecule has 0 N–H and O–H groups in total. The Kier molecular flexibility index (Phi) is 36.8. The van der Waals surface area contributed by atoms with Crippen LogP contribution in [-0.4, -0.2) is 50.3 Å². The van der Waals surface area contributed by atoms with E-state index in [1.807, 2.05) is 18.8 Å². The quantitative estimate of drug-likeness (QED) is 0.281. The Morgan fingerprint density at radius 1 is 1.06 bits per heavy atom. The Morgan fingerprint density at radius 3 is 1.78 bits per heavy atom. The maximum absolute atomic E-state index is 4.09. The van der Waals surface area contributed by atoms with Crippen LogP contribution in [0, 0.1) is 7.43 Å². The topological polar surface area (TPSA) is 42.3 Å². The molecule has 0 bridgehead atoms. The van der Waals surface area contributed by atoms with Crippen molar-refractivity contribution in [2.24, 2.45) is 0 Å². The molecule has 0 aromatic heterocycles. The second kappa shape index (κ2) is 23.7. The van der Waals surface area contributed by atoms with Gasteiger partial charge in [-0.15, -0.1) is 5.88 Å². The summed E-state index contributed by atoms with van der Waals surface area (Å²) in [6, 6.07) is 0. The second-order valence-electron chi connectivity index (χ2n) is 3.49. The first-order chi connectivity index (χ1) is 7.67. The van der Waals surface area contributed by atoms with Crippen LogP contribution < -0.4 is 0 Å². The van der Waals surface area contributed by atoms with Gasteiger partial charge in [0.2, 0.25) is 0 Å². The molecule has 0 saturated heterocycles. The smallest absolute Gasteiger partial charge is 0.668 e. The first-order valence-corrected chi connectivity index (χ1v) is 7.74. The Bertz CT molecular complexity index is 132. The molecule has 1 aliphatic rings. The van der Waals surface area contributed by atoms with Gasteiger partial charge in [0.05, 0.1) is 0 Å². The van der Waals surface area contributed by atoms with Crippen LogP contribution in [0.4, 0.5) is 0 Å². The zero-order valence-electron chi connectivity index (χ0n) is 12.6. The van der Waals surface area contributed by atoms with E-state index >= 15 is 0 Å². The average molecular weight is 421 g/mol. The number of hydrogen-bond acceptors (Lipinski definition) is 1. The fraction of sp³-hybridized carbons (Fsp3) is 0.917. The normalized spacial score (nSPS) is 20.3. The third-order valence-corrected chi connectivity index (χ3v) is 5.17. The minimum Gasteiger partial charge on any atom is -0.668 e. The number of alkyl halides is 1. The number of nitrogens with zero attached hydrogens (tertiary/aromatic N) is 3. The van der Waals surface area contributed by atoms with Gasteiger partial charge in [-0.2, -0.15) is 47.0 Å². The summed E-state index contributed by atoms with van der Waals surface area (Å²) in [6.07, 6.45) is 4.25. The SMILES string of the molecule is C[N-]C.C[N-]C.C[N-]CSC1CCCC1I.[CH3-].[Ti+4]. The van der Waals surface area contributed by atoms with E-state index in [0.29, 0.717) is 0 Å². The van der Waals surface area contributed by atoms with Crippen molar-refractivity contribution in [3.8, 4) is 0 Å². The Morgan fingerprint density at radius 2 is 1.50 bits per heavy atom. The molecule has 1 rings (SSSR count). The molecule has 1 saturated carbocycles. The molecular formula is C12H28IN3STi. The number of hydrogen-bond donors (Lipinski definition) is 0. The van der Waals surface area contributed by atoms with Crippen LogP contribution in [0.1, 0.15) is 19.3 Å². The van der Waals surface area contributed by atoms with Gasteiger partial charge in [0.25, 0.3) is 0 Å². The molecule has 0 aliphatic heterocycles. The summed E-state index contributed by atoms with van der Waals surface area (Å²) >= 11 is 4.59. The minimum absolute atomic E-state index is 0. The fourth-order valence-electron chi connectivity index (χ4n) is 1.24. The molecule has 0 heterocycles. The molecule has 1 aliphatic carbocycles. The summed E-state index contributed by atoms with van der Waals surface area (Å²) < 4.78 is 0.907. The second-order valence-corrected chi connectivity index (χ2v) is 6.29. The largest absolute Gasteiger partial charge is 4.00 e. The van der Waals surface area contributed by atoms with E-state index in [9.17, 15) is 0 Å². The standard InChI is InChI=1S/C7H13INS.2C2H6N.CH3.Ti/c1-9-5-10-7-4-2-3-6(7)8;2*1-3-2;;/h6-7H,2-5H2,1H3;2*1-2H3;1H3;/q4*-1;+4. The number of rotatable bonds is 3. The van der Waals surface area contributed by atoms with Gasteiger partial charge < -0.3 is 23.4 Å². The summed E-state index contributed by atoms with van der Waals surface area (Å²) in [5.41, 5.74) is 0. The van der Waals surface area contributed by atoms with Crippen molar-refractivity contribution in [2.75, 3.05) is 41.1 Å². The summed E-state index contributed by atoms with van der Waals surface area (Å²) in [5.74, 6) is 0.990. The molecule has 18 heavy (non-hydrogen) atoms. The molecule has 0 amide bonds. The van der Waals surface area contributed by atoms with Crippen molar-refractivity contribution in [3.63, 3.8) is 0 Å².